The van der Waals surface area contributed by atoms with Crippen molar-refractivity contribution in [1.29, 1.82) is 5.26 Å². The third-order valence-corrected chi connectivity index (χ3v) is 4.69. The number of carbonyl (C=O) groups excluding carboxylic acids is 1. The zero-order valence-corrected chi connectivity index (χ0v) is 17.8. The smallest absolute Gasteiger partial charge is 0.269 e. The van der Waals surface area contributed by atoms with E-state index in [9.17, 15) is 4.79 Å². The van der Waals surface area contributed by atoms with E-state index in [4.69, 9.17) is 22.2 Å². The Kier molecular flexibility index (Phi) is 7.57. The first kappa shape index (κ1) is 21.8. The van der Waals surface area contributed by atoms with Crippen molar-refractivity contribution in [3.05, 3.63) is 95.1 Å². The van der Waals surface area contributed by atoms with E-state index >= 15 is 0 Å². The van der Waals surface area contributed by atoms with Gasteiger partial charge < -0.3 is 10.1 Å². The third-order valence-electron chi connectivity index (χ3n) is 4.49. The molecule has 0 bridgehead atoms. The van der Waals surface area contributed by atoms with Crippen LogP contribution in [0.3, 0.4) is 0 Å². The fourth-order valence-corrected chi connectivity index (χ4v) is 2.94. The standard InChI is InChI=1S/C24H22N4O2S/c1-2-17-6-10-21(11-7-17)26-24(31)28-27-23(29)20-5-3-4-19(14-20)16-30-22-12-8-18(15-25)9-13-22/h3-14H,2,16H2,1H3,(H,27,29)(H2,26,28,31). The minimum absolute atomic E-state index is 0.290. The minimum atomic E-state index is -0.314. The van der Waals surface area contributed by atoms with Crippen molar-refractivity contribution in [3.63, 3.8) is 0 Å². The van der Waals surface area contributed by atoms with Gasteiger partial charge in [-0.1, -0.05) is 31.2 Å². The zero-order valence-electron chi connectivity index (χ0n) is 17.0. The highest BCUT2D eigenvalue weighted by molar-refractivity contribution is 7.80. The van der Waals surface area contributed by atoms with Crippen LogP contribution in [0.25, 0.3) is 0 Å². The molecule has 1 amide bonds. The number of hydrazine groups is 1. The second kappa shape index (κ2) is 10.8. The predicted molar refractivity (Wildman–Crippen MR) is 125 cm³/mol. The molecule has 0 aliphatic rings. The number of aryl methyl sites for hydroxylation is 1. The maximum absolute atomic E-state index is 12.4. The quantitative estimate of drug-likeness (QED) is 0.399. The van der Waals surface area contributed by atoms with Crippen molar-refractivity contribution in [1.82, 2.24) is 10.9 Å². The van der Waals surface area contributed by atoms with E-state index in [1.807, 2.05) is 30.3 Å². The Morgan fingerprint density at radius 2 is 1.74 bits per heavy atom. The van der Waals surface area contributed by atoms with Gasteiger partial charge in [-0.2, -0.15) is 5.26 Å². The first-order valence-corrected chi connectivity index (χ1v) is 10.2. The van der Waals surface area contributed by atoms with E-state index in [1.165, 1.54) is 5.56 Å². The SMILES string of the molecule is CCc1ccc(NC(=S)NNC(=O)c2cccc(COc3ccc(C#N)cc3)c2)cc1. The van der Waals surface area contributed by atoms with E-state index in [0.29, 0.717) is 23.5 Å². The van der Waals surface area contributed by atoms with Gasteiger partial charge in [-0.25, -0.2) is 0 Å². The minimum Gasteiger partial charge on any atom is -0.489 e. The summed E-state index contributed by atoms with van der Waals surface area (Å²) in [6.07, 6.45) is 0.969. The average Bonchev–Trinajstić information content (AvgIpc) is 2.82. The Bertz CT molecular complexity index is 1090. The Morgan fingerprint density at radius 1 is 1.00 bits per heavy atom. The molecule has 3 aromatic carbocycles. The van der Waals surface area contributed by atoms with Gasteiger partial charge in [-0.15, -0.1) is 0 Å². The summed E-state index contributed by atoms with van der Waals surface area (Å²) >= 11 is 5.23. The van der Waals surface area contributed by atoms with Crippen molar-refractivity contribution < 1.29 is 9.53 Å². The number of nitriles is 1. The van der Waals surface area contributed by atoms with Gasteiger partial charge in [0.15, 0.2) is 5.11 Å². The fraction of sp³-hybridized carbons (Fsp3) is 0.125. The van der Waals surface area contributed by atoms with E-state index in [1.54, 1.807) is 42.5 Å². The lowest BCUT2D eigenvalue weighted by molar-refractivity contribution is 0.0944. The fourth-order valence-electron chi connectivity index (χ4n) is 2.77. The molecule has 6 nitrogen and oxygen atoms in total. The van der Waals surface area contributed by atoms with Crippen LogP contribution in [-0.4, -0.2) is 11.0 Å². The summed E-state index contributed by atoms with van der Waals surface area (Å²) < 4.78 is 5.72. The molecule has 3 N–H and O–H groups in total. The molecule has 0 spiro atoms. The summed E-state index contributed by atoms with van der Waals surface area (Å²) in [5.41, 5.74) is 9.27. The molecule has 0 fully saturated rings. The summed E-state index contributed by atoms with van der Waals surface area (Å²) in [7, 11) is 0. The van der Waals surface area contributed by atoms with Crippen LogP contribution in [-0.2, 0) is 13.0 Å². The van der Waals surface area contributed by atoms with Gasteiger partial charge in [0.2, 0.25) is 0 Å². The molecule has 7 heteroatoms. The van der Waals surface area contributed by atoms with E-state index in [0.717, 1.165) is 17.7 Å². The van der Waals surface area contributed by atoms with E-state index in [2.05, 4.69) is 29.2 Å². The maximum Gasteiger partial charge on any atom is 0.269 e. The molecule has 3 aromatic rings. The highest BCUT2D eigenvalue weighted by atomic mass is 32.1. The van der Waals surface area contributed by atoms with E-state index < -0.39 is 0 Å². The van der Waals surface area contributed by atoms with Gasteiger partial charge in [0.25, 0.3) is 5.91 Å². The molecule has 31 heavy (non-hydrogen) atoms. The van der Waals surface area contributed by atoms with Crippen molar-refractivity contribution >= 4 is 28.9 Å². The molecule has 0 saturated heterocycles. The molecular formula is C24H22N4O2S. The number of anilines is 1. The number of nitrogens with one attached hydrogen (secondary N) is 3. The van der Waals surface area contributed by atoms with Crippen LogP contribution >= 0.6 is 12.2 Å². The number of thiocarbonyl (C=S) groups is 1. The molecule has 0 atom stereocenters. The van der Waals surface area contributed by atoms with Crippen LogP contribution in [0, 0.1) is 11.3 Å². The summed E-state index contributed by atoms with van der Waals surface area (Å²) in [6, 6.07) is 24.0. The summed E-state index contributed by atoms with van der Waals surface area (Å²) in [4.78, 5) is 12.4. The zero-order chi connectivity index (χ0) is 22.1. The Hall–Kier alpha value is -3.89. The molecule has 0 unspecified atom stereocenters. The summed E-state index contributed by atoms with van der Waals surface area (Å²) in [5, 5.41) is 12.2. The molecular weight excluding hydrogens is 408 g/mol. The van der Waals surface area contributed by atoms with Crippen LogP contribution in [0.2, 0.25) is 0 Å². The van der Waals surface area contributed by atoms with Crippen molar-refractivity contribution in [2.45, 2.75) is 20.0 Å². The van der Waals surface area contributed by atoms with Crippen LogP contribution in [0.1, 0.15) is 34.0 Å². The molecule has 0 radical (unpaired) electrons. The number of hydrogen-bond acceptors (Lipinski definition) is 4. The highest BCUT2D eigenvalue weighted by Crippen LogP contribution is 2.15. The molecule has 0 saturated carbocycles. The monoisotopic (exact) mass is 430 g/mol. The van der Waals surface area contributed by atoms with Crippen molar-refractivity contribution in [2.75, 3.05) is 5.32 Å². The second-order valence-electron chi connectivity index (χ2n) is 6.71. The molecule has 156 valence electrons. The Balaban J connectivity index is 1.50. The number of nitrogens with zero attached hydrogens (tertiary/aromatic N) is 1. The Morgan fingerprint density at radius 3 is 2.42 bits per heavy atom. The lowest BCUT2D eigenvalue weighted by Crippen LogP contribution is -2.43. The number of rotatable bonds is 6. The lowest BCUT2D eigenvalue weighted by Gasteiger charge is -2.12. The van der Waals surface area contributed by atoms with Gasteiger partial charge in [0.1, 0.15) is 12.4 Å². The number of benzene rings is 3. The van der Waals surface area contributed by atoms with Crippen LogP contribution in [0.15, 0.2) is 72.8 Å². The molecule has 0 aliphatic heterocycles. The lowest BCUT2D eigenvalue weighted by atomic mass is 10.1. The number of ether oxygens (including phenoxy) is 1. The molecule has 3 rings (SSSR count). The van der Waals surface area contributed by atoms with E-state index in [-0.39, 0.29) is 11.0 Å². The first-order valence-electron chi connectivity index (χ1n) is 9.75. The third kappa shape index (κ3) is 6.56. The largest absolute Gasteiger partial charge is 0.489 e. The maximum atomic E-state index is 12.4. The number of hydrogen-bond donors (Lipinski definition) is 3. The van der Waals surface area contributed by atoms with Crippen LogP contribution in [0.5, 0.6) is 5.75 Å². The van der Waals surface area contributed by atoms with Crippen LogP contribution in [0.4, 0.5) is 5.69 Å². The summed E-state index contributed by atoms with van der Waals surface area (Å²) in [5.74, 6) is 0.338. The highest BCUT2D eigenvalue weighted by Gasteiger charge is 2.07. The van der Waals surface area contributed by atoms with Crippen molar-refractivity contribution in [3.8, 4) is 11.8 Å². The van der Waals surface area contributed by atoms with Gasteiger partial charge in [0.05, 0.1) is 11.6 Å². The average molecular weight is 431 g/mol. The van der Waals surface area contributed by atoms with Gasteiger partial charge >= 0.3 is 0 Å². The topological polar surface area (TPSA) is 86.2 Å². The van der Waals surface area contributed by atoms with Crippen LogP contribution < -0.4 is 20.9 Å². The van der Waals surface area contributed by atoms with Crippen molar-refractivity contribution in [2.24, 2.45) is 0 Å². The molecule has 0 heterocycles. The first-order chi connectivity index (χ1) is 15.1. The van der Waals surface area contributed by atoms with Gasteiger partial charge in [-0.3, -0.25) is 15.6 Å². The summed E-state index contributed by atoms with van der Waals surface area (Å²) in [6.45, 7) is 2.40. The van der Waals surface area contributed by atoms with Gasteiger partial charge in [-0.05, 0) is 78.3 Å². The normalized spacial score (nSPS) is 9.94. The molecule has 0 aromatic heterocycles. The predicted octanol–water partition coefficient (Wildman–Crippen LogP) is 4.33. The Labute approximate surface area is 186 Å². The second-order valence-corrected chi connectivity index (χ2v) is 7.12. The molecule has 0 aliphatic carbocycles. The van der Waals surface area contributed by atoms with Gasteiger partial charge in [0, 0.05) is 11.3 Å². The number of carbonyl (C=O) groups is 1. The number of amides is 1.